The number of carbonyl (C=O) groups is 1. The lowest BCUT2D eigenvalue weighted by molar-refractivity contribution is -0.116. The molecule has 0 spiro atoms. The van der Waals surface area contributed by atoms with Crippen LogP contribution in [0.25, 0.3) is 0 Å². The first-order valence-electron chi connectivity index (χ1n) is 9.04. The lowest BCUT2D eigenvalue weighted by atomic mass is 9.78. The van der Waals surface area contributed by atoms with Gasteiger partial charge in [-0.1, -0.05) is 6.42 Å². The van der Waals surface area contributed by atoms with Gasteiger partial charge in [0.2, 0.25) is 15.9 Å². The van der Waals surface area contributed by atoms with Crippen molar-refractivity contribution in [3.05, 3.63) is 23.8 Å². The minimum atomic E-state index is -3.51. The highest BCUT2D eigenvalue weighted by Crippen LogP contribution is 2.38. The standard InChI is InChI=1S/C18H25N3O3S.ClH/c1-12(22)21-8-7-13-9-15(5-6-18(13)21)25(23,24)20-10-14-3-2-4-17(19)16(14)11-20;/h5-6,9,14,16-17H,2-4,7-8,10-11,19H2,1H3;1H. The zero-order valence-electron chi connectivity index (χ0n) is 14.9. The second kappa shape index (κ2) is 7.11. The Kier molecular flexibility index (Phi) is 5.36. The van der Waals surface area contributed by atoms with E-state index in [1.54, 1.807) is 27.4 Å². The van der Waals surface area contributed by atoms with Gasteiger partial charge in [0.25, 0.3) is 0 Å². The van der Waals surface area contributed by atoms with Gasteiger partial charge in [-0.15, -0.1) is 12.4 Å². The summed E-state index contributed by atoms with van der Waals surface area (Å²) in [6, 6.07) is 5.27. The van der Waals surface area contributed by atoms with E-state index in [1.807, 2.05) is 0 Å². The molecule has 1 aromatic carbocycles. The highest BCUT2D eigenvalue weighted by atomic mass is 35.5. The molecule has 2 fully saturated rings. The predicted molar refractivity (Wildman–Crippen MR) is 103 cm³/mol. The summed E-state index contributed by atoms with van der Waals surface area (Å²) >= 11 is 0. The number of nitrogens with zero attached hydrogens (tertiary/aromatic N) is 2. The van der Waals surface area contributed by atoms with E-state index in [4.69, 9.17) is 5.73 Å². The summed E-state index contributed by atoms with van der Waals surface area (Å²) in [6.45, 7) is 3.27. The smallest absolute Gasteiger partial charge is 0.243 e. The highest BCUT2D eigenvalue weighted by Gasteiger charge is 2.43. The summed E-state index contributed by atoms with van der Waals surface area (Å²) in [5.74, 6) is 0.666. The van der Waals surface area contributed by atoms with Gasteiger partial charge in [-0.2, -0.15) is 4.31 Å². The van der Waals surface area contributed by atoms with Crippen LogP contribution in [0.4, 0.5) is 5.69 Å². The van der Waals surface area contributed by atoms with Gasteiger partial charge < -0.3 is 10.6 Å². The third-order valence-electron chi connectivity index (χ3n) is 6.08. The third kappa shape index (κ3) is 3.15. The van der Waals surface area contributed by atoms with E-state index in [0.29, 0.717) is 36.9 Å². The molecule has 144 valence electrons. The first-order chi connectivity index (χ1) is 11.9. The van der Waals surface area contributed by atoms with Gasteiger partial charge in [0.15, 0.2) is 0 Å². The number of benzene rings is 1. The Morgan fingerprint density at radius 1 is 1.23 bits per heavy atom. The number of nitrogens with two attached hydrogens (primary N) is 1. The monoisotopic (exact) mass is 399 g/mol. The summed E-state index contributed by atoms with van der Waals surface area (Å²) < 4.78 is 27.8. The van der Waals surface area contributed by atoms with Gasteiger partial charge in [0.1, 0.15) is 0 Å². The molecule has 26 heavy (non-hydrogen) atoms. The summed E-state index contributed by atoms with van der Waals surface area (Å²) in [7, 11) is -3.51. The van der Waals surface area contributed by atoms with Crippen molar-refractivity contribution in [1.29, 1.82) is 0 Å². The number of hydrogen-bond donors (Lipinski definition) is 1. The maximum absolute atomic E-state index is 13.1. The van der Waals surface area contributed by atoms with Crippen LogP contribution in [0.1, 0.15) is 31.7 Å². The molecule has 1 saturated heterocycles. The van der Waals surface area contributed by atoms with Crippen molar-refractivity contribution in [3.63, 3.8) is 0 Å². The van der Waals surface area contributed by atoms with E-state index in [2.05, 4.69) is 0 Å². The van der Waals surface area contributed by atoms with Crippen LogP contribution in [-0.4, -0.2) is 44.3 Å². The van der Waals surface area contributed by atoms with Crippen molar-refractivity contribution in [3.8, 4) is 0 Å². The van der Waals surface area contributed by atoms with Crippen LogP contribution in [-0.2, 0) is 21.2 Å². The van der Waals surface area contributed by atoms with Crippen LogP contribution in [0.15, 0.2) is 23.1 Å². The Hall–Kier alpha value is -1.15. The minimum absolute atomic E-state index is 0. The molecule has 2 heterocycles. The van der Waals surface area contributed by atoms with E-state index in [-0.39, 0.29) is 30.3 Å². The van der Waals surface area contributed by atoms with Crippen molar-refractivity contribution in [2.75, 3.05) is 24.5 Å². The Balaban J connectivity index is 0.00000196. The summed E-state index contributed by atoms with van der Waals surface area (Å²) in [6.07, 6.45) is 3.86. The van der Waals surface area contributed by atoms with E-state index >= 15 is 0 Å². The van der Waals surface area contributed by atoms with Crippen LogP contribution in [0.3, 0.4) is 0 Å². The average molecular weight is 400 g/mol. The topological polar surface area (TPSA) is 83.7 Å². The van der Waals surface area contributed by atoms with Crippen molar-refractivity contribution < 1.29 is 13.2 Å². The molecule has 6 nitrogen and oxygen atoms in total. The summed E-state index contributed by atoms with van der Waals surface area (Å²) in [5.41, 5.74) is 7.99. The molecule has 4 rings (SSSR count). The third-order valence-corrected chi connectivity index (χ3v) is 7.91. The normalized spacial score (nSPS) is 28.4. The average Bonchev–Trinajstić information content (AvgIpc) is 3.19. The van der Waals surface area contributed by atoms with Gasteiger partial charge >= 0.3 is 0 Å². The Morgan fingerprint density at radius 3 is 2.69 bits per heavy atom. The number of hydrogen-bond acceptors (Lipinski definition) is 4. The van der Waals surface area contributed by atoms with Crippen LogP contribution < -0.4 is 10.6 Å². The molecule has 1 saturated carbocycles. The molecule has 0 aromatic heterocycles. The molecule has 2 N–H and O–H groups in total. The van der Waals surface area contributed by atoms with E-state index in [1.165, 1.54) is 6.92 Å². The number of anilines is 1. The molecule has 0 radical (unpaired) electrons. The molecule has 1 aromatic rings. The first kappa shape index (κ1) is 19.6. The number of fused-ring (bicyclic) bond motifs is 2. The molecule has 2 aliphatic heterocycles. The van der Waals surface area contributed by atoms with Crippen LogP contribution in [0.2, 0.25) is 0 Å². The molecule has 1 aliphatic carbocycles. The van der Waals surface area contributed by atoms with Crippen molar-refractivity contribution in [1.82, 2.24) is 4.31 Å². The van der Waals surface area contributed by atoms with Crippen LogP contribution in [0.5, 0.6) is 0 Å². The lowest BCUT2D eigenvalue weighted by Gasteiger charge is -2.29. The predicted octanol–water partition coefficient (Wildman–Crippen LogP) is 1.77. The number of carbonyl (C=O) groups excluding carboxylic acids is 1. The molecule has 3 aliphatic rings. The van der Waals surface area contributed by atoms with Crippen molar-refractivity contribution >= 4 is 34.0 Å². The maximum atomic E-state index is 13.1. The number of halogens is 1. The quantitative estimate of drug-likeness (QED) is 0.821. The van der Waals surface area contributed by atoms with E-state index in [9.17, 15) is 13.2 Å². The summed E-state index contributed by atoms with van der Waals surface area (Å²) in [5, 5.41) is 0. The molecule has 3 unspecified atom stereocenters. The first-order valence-corrected chi connectivity index (χ1v) is 10.5. The van der Waals surface area contributed by atoms with Gasteiger partial charge in [0, 0.05) is 38.3 Å². The molecule has 0 bridgehead atoms. The fourth-order valence-electron chi connectivity index (χ4n) is 4.69. The fraction of sp³-hybridized carbons (Fsp3) is 0.611. The molecular formula is C18H26ClN3O3S. The zero-order chi connectivity index (χ0) is 17.8. The minimum Gasteiger partial charge on any atom is -0.327 e. The second-order valence-corrected chi connectivity index (χ2v) is 9.49. The van der Waals surface area contributed by atoms with E-state index < -0.39 is 10.0 Å². The SMILES string of the molecule is CC(=O)N1CCc2cc(S(=O)(=O)N3CC4CCCC(N)C4C3)ccc21.Cl. The van der Waals surface area contributed by atoms with Crippen LogP contribution in [0, 0.1) is 11.8 Å². The molecule has 3 atom stereocenters. The number of sulfonamides is 1. The fourth-order valence-corrected chi connectivity index (χ4v) is 6.27. The van der Waals surface area contributed by atoms with Crippen LogP contribution >= 0.6 is 12.4 Å². The lowest BCUT2D eigenvalue weighted by Crippen LogP contribution is -2.38. The highest BCUT2D eigenvalue weighted by molar-refractivity contribution is 7.89. The number of rotatable bonds is 2. The summed E-state index contributed by atoms with van der Waals surface area (Å²) in [4.78, 5) is 13.7. The van der Waals surface area contributed by atoms with Crippen molar-refractivity contribution in [2.24, 2.45) is 17.6 Å². The van der Waals surface area contributed by atoms with Gasteiger partial charge in [-0.05, 0) is 54.9 Å². The van der Waals surface area contributed by atoms with Crippen molar-refractivity contribution in [2.45, 2.75) is 43.5 Å². The van der Waals surface area contributed by atoms with E-state index in [0.717, 1.165) is 30.5 Å². The second-order valence-electron chi connectivity index (χ2n) is 7.55. The largest absolute Gasteiger partial charge is 0.327 e. The Morgan fingerprint density at radius 2 is 2.00 bits per heavy atom. The Labute approximate surface area is 161 Å². The van der Waals surface area contributed by atoms with Gasteiger partial charge in [-0.3, -0.25) is 4.79 Å². The molecule has 1 amide bonds. The molecular weight excluding hydrogens is 374 g/mol. The zero-order valence-corrected chi connectivity index (χ0v) is 16.6. The molecule has 8 heteroatoms. The number of amides is 1. The van der Waals surface area contributed by atoms with Gasteiger partial charge in [-0.25, -0.2) is 8.42 Å². The van der Waals surface area contributed by atoms with Gasteiger partial charge in [0.05, 0.1) is 4.90 Å². The Bertz CT molecular complexity index is 814. The maximum Gasteiger partial charge on any atom is 0.243 e.